The van der Waals surface area contributed by atoms with Gasteiger partial charge in [0, 0.05) is 5.54 Å². The Morgan fingerprint density at radius 1 is 0.652 bits per heavy atom. The molecule has 0 aromatic heterocycles. The third kappa shape index (κ3) is 18.9. The summed E-state index contributed by atoms with van der Waals surface area (Å²) in [4.78, 5) is 0. The summed E-state index contributed by atoms with van der Waals surface area (Å²) in [5.41, 5.74) is 6.13. The van der Waals surface area contributed by atoms with Crippen molar-refractivity contribution in [3.05, 3.63) is 0 Å². The lowest BCUT2D eigenvalue weighted by atomic mass is 9.86. The largest absolute Gasteiger partial charge is 0.325 e. The van der Waals surface area contributed by atoms with E-state index in [2.05, 4.69) is 27.7 Å². The van der Waals surface area contributed by atoms with Crippen molar-refractivity contribution in [1.82, 2.24) is 0 Å². The van der Waals surface area contributed by atoms with Gasteiger partial charge in [-0.2, -0.15) is 0 Å². The van der Waals surface area contributed by atoms with Crippen LogP contribution in [0, 0.1) is 5.92 Å². The van der Waals surface area contributed by atoms with Gasteiger partial charge in [-0.3, -0.25) is 0 Å². The lowest BCUT2D eigenvalue weighted by Gasteiger charge is -2.27. The second-order valence-corrected chi connectivity index (χ2v) is 8.11. The second-order valence-electron chi connectivity index (χ2n) is 8.11. The molecule has 0 spiro atoms. The van der Waals surface area contributed by atoms with Crippen molar-refractivity contribution in [2.75, 3.05) is 0 Å². The summed E-state index contributed by atoms with van der Waals surface area (Å²) in [5, 5.41) is 0. The predicted octanol–water partition coefficient (Wildman–Crippen LogP) is 7.85. The van der Waals surface area contributed by atoms with E-state index in [4.69, 9.17) is 5.73 Å². The SMILES string of the molecule is CCCCCCCCCCCCCCCCC(C)C(C)(C)N.I. The van der Waals surface area contributed by atoms with Gasteiger partial charge in [0.1, 0.15) is 0 Å². The molecule has 2 N–H and O–H groups in total. The maximum Gasteiger partial charge on any atom is 0.0123 e. The van der Waals surface area contributed by atoms with Gasteiger partial charge >= 0.3 is 0 Å². The smallest absolute Gasteiger partial charge is 0.0123 e. The van der Waals surface area contributed by atoms with Crippen molar-refractivity contribution >= 4 is 24.0 Å². The Kier molecular flexibility index (Phi) is 19.7. The Bertz CT molecular complexity index is 222. The van der Waals surface area contributed by atoms with Crippen LogP contribution in [0.2, 0.25) is 0 Å². The third-order valence-corrected chi connectivity index (χ3v) is 5.26. The van der Waals surface area contributed by atoms with Gasteiger partial charge in [-0.05, 0) is 26.2 Å². The second kappa shape index (κ2) is 17.5. The zero-order chi connectivity index (χ0) is 16.7. The number of hydrogen-bond acceptors (Lipinski definition) is 1. The van der Waals surface area contributed by atoms with Crippen molar-refractivity contribution in [2.45, 2.75) is 130 Å². The molecule has 0 aliphatic rings. The minimum Gasteiger partial charge on any atom is -0.325 e. The highest BCUT2D eigenvalue weighted by molar-refractivity contribution is 14.0. The highest BCUT2D eigenvalue weighted by atomic mass is 127. The topological polar surface area (TPSA) is 26.0 Å². The monoisotopic (exact) mass is 439 g/mol. The van der Waals surface area contributed by atoms with Crippen LogP contribution in [-0.2, 0) is 0 Å². The summed E-state index contributed by atoms with van der Waals surface area (Å²) in [7, 11) is 0. The van der Waals surface area contributed by atoms with Crippen molar-refractivity contribution in [2.24, 2.45) is 11.7 Å². The van der Waals surface area contributed by atoms with Crippen LogP contribution in [0.15, 0.2) is 0 Å². The van der Waals surface area contributed by atoms with E-state index in [9.17, 15) is 0 Å². The van der Waals surface area contributed by atoms with Crippen molar-refractivity contribution in [3.63, 3.8) is 0 Å². The van der Waals surface area contributed by atoms with E-state index in [0.29, 0.717) is 5.92 Å². The molecule has 0 saturated carbocycles. The van der Waals surface area contributed by atoms with Gasteiger partial charge in [-0.1, -0.05) is 104 Å². The van der Waals surface area contributed by atoms with E-state index in [1.165, 1.54) is 96.3 Å². The molecule has 0 aliphatic heterocycles. The molecule has 0 saturated heterocycles. The van der Waals surface area contributed by atoms with Gasteiger partial charge in [0.2, 0.25) is 0 Å². The fourth-order valence-electron chi connectivity index (χ4n) is 3.02. The van der Waals surface area contributed by atoms with E-state index in [-0.39, 0.29) is 29.5 Å². The Balaban J connectivity index is 0. The lowest BCUT2D eigenvalue weighted by Crippen LogP contribution is -2.39. The van der Waals surface area contributed by atoms with Crippen molar-refractivity contribution in [1.29, 1.82) is 0 Å². The molecule has 142 valence electrons. The molecule has 0 fully saturated rings. The Hall–Kier alpha value is 0.690. The number of halogens is 1. The molecular weight excluding hydrogens is 393 g/mol. The van der Waals surface area contributed by atoms with E-state index >= 15 is 0 Å². The van der Waals surface area contributed by atoms with Crippen LogP contribution in [0.3, 0.4) is 0 Å². The molecule has 2 heteroatoms. The molecule has 0 rings (SSSR count). The first kappa shape index (κ1) is 25.9. The van der Waals surface area contributed by atoms with Crippen LogP contribution in [0.25, 0.3) is 0 Å². The van der Waals surface area contributed by atoms with Gasteiger partial charge in [0.05, 0.1) is 0 Å². The minimum absolute atomic E-state index is 0. The van der Waals surface area contributed by atoms with Gasteiger partial charge in [-0.15, -0.1) is 24.0 Å². The van der Waals surface area contributed by atoms with E-state index in [1.54, 1.807) is 0 Å². The standard InChI is InChI=1S/C21H45N.HI/c1-5-6-7-8-9-10-11-12-13-14-15-16-17-18-19-20(2)21(3,4)22;/h20H,5-19,22H2,1-4H3;1H. The quantitative estimate of drug-likeness (QED) is 0.192. The summed E-state index contributed by atoms with van der Waals surface area (Å²) in [6.07, 6.45) is 21.4. The molecule has 0 radical (unpaired) electrons. The van der Waals surface area contributed by atoms with E-state index in [1.807, 2.05) is 0 Å². The fraction of sp³-hybridized carbons (Fsp3) is 1.00. The van der Waals surface area contributed by atoms with Crippen molar-refractivity contribution in [3.8, 4) is 0 Å². The van der Waals surface area contributed by atoms with Crippen LogP contribution in [-0.4, -0.2) is 5.54 Å². The first-order valence-corrected chi connectivity index (χ1v) is 10.3. The van der Waals surface area contributed by atoms with Crippen LogP contribution in [0.5, 0.6) is 0 Å². The lowest BCUT2D eigenvalue weighted by molar-refractivity contribution is 0.316. The maximum atomic E-state index is 6.13. The molecule has 23 heavy (non-hydrogen) atoms. The van der Waals surface area contributed by atoms with Gasteiger partial charge in [0.15, 0.2) is 0 Å². The number of nitrogens with two attached hydrogens (primary N) is 1. The predicted molar refractivity (Wildman–Crippen MR) is 118 cm³/mol. The van der Waals surface area contributed by atoms with Gasteiger partial charge in [-0.25, -0.2) is 0 Å². The van der Waals surface area contributed by atoms with Crippen LogP contribution in [0.1, 0.15) is 124 Å². The Morgan fingerprint density at radius 3 is 1.26 bits per heavy atom. The molecule has 0 heterocycles. The normalized spacial score (nSPS) is 12.9. The molecule has 0 aromatic carbocycles. The highest BCUT2D eigenvalue weighted by Gasteiger charge is 2.19. The molecule has 1 unspecified atom stereocenters. The van der Waals surface area contributed by atoms with Crippen LogP contribution < -0.4 is 5.73 Å². The van der Waals surface area contributed by atoms with E-state index < -0.39 is 0 Å². The average molecular weight is 440 g/mol. The fourth-order valence-corrected chi connectivity index (χ4v) is 3.02. The zero-order valence-corrected chi connectivity index (χ0v) is 19.0. The van der Waals surface area contributed by atoms with Crippen molar-refractivity contribution < 1.29 is 0 Å². The van der Waals surface area contributed by atoms with Crippen LogP contribution in [0.4, 0.5) is 0 Å². The summed E-state index contributed by atoms with van der Waals surface area (Å²) in [6.45, 7) is 8.89. The highest BCUT2D eigenvalue weighted by Crippen LogP contribution is 2.20. The summed E-state index contributed by atoms with van der Waals surface area (Å²) in [6, 6.07) is 0. The van der Waals surface area contributed by atoms with Gasteiger partial charge < -0.3 is 5.73 Å². The van der Waals surface area contributed by atoms with Gasteiger partial charge in [0.25, 0.3) is 0 Å². The summed E-state index contributed by atoms with van der Waals surface area (Å²) < 4.78 is 0. The molecular formula is C21H46IN. The number of rotatable bonds is 16. The number of unbranched alkanes of at least 4 members (excludes halogenated alkanes) is 13. The Morgan fingerprint density at radius 2 is 0.957 bits per heavy atom. The Labute approximate surface area is 165 Å². The zero-order valence-electron chi connectivity index (χ0n) is 16.7. The third-order valence-electron chi connectivity index (χ3n) is 5.26. The average Bonchev–Trinajstić information content (AvgIpc) is 2.46. The van der Waals surface area contributed by atoms with E-state index in [0.717, 1.165) is 0 Å². The number of hydrogen-bond donors (Lipinski definition) is 1. The molecule has 0 amide bonds. The maximum absolute atomic E-state index is 6.13. The molecule has 0 aliphatic carbocycles. The molecule has 1 atom stereocenters. The minimum atomic E-state index is -0.00343. The first-order valence-electron chi connectivity index (χ1n) is 10.3. The first-order chi connectivity index (χ1) is 10.5. The molecule has 0 aromatic rings. The summed E-state index contributed by atoms with van der Waals surface area (Å²) in [5.74, 6) is 0.643. The van der Waals surface area contributed by atoms with Crippen LogP contribution >= 0.6 is 24.0 Å². The molecule has 1 nitrogen and oxygen atoms in total. The molecule has 0 bridgehead atoms. The summed E-state index contributed by atoms with van der Waals surface area (Å²) >= 11 is 0.